The Morgan fingerprint density at radius 2 is 1.13 bits per heavy atom. The molecule has 11 nitrogen and oxygen atoms in total. The van der Waals surface area contributed by atoms with Gasteiger partial charge >= 0.3 is 18.0 Å². The van der Waals surface area contributed by atoms with E-state index in [1.807, 2.05) is 18.2 Å². The highest BCUT2D eigenvalue weighted by molar-refractivity contribution is 6.03. The van der Waals surface area contributed by atoms with Crippen LogP contribution in [0.5, 0.6) is 0 Å². The highest BCUT2D eigenvalue weighted by atomic mass is 16.6. The average Bonchev–Trinajstić information content (AvgIpc) is 3.78. The van der Waals surface area contributed by atoms with Crippen molar-refractivity contribution in [2.24, 2.45) is 0 Å². The van der Waals surface area contributed by atoms with Gasteiger partial charge in [0.05, 0.1) is 0 Å². The Hall–Kier alpha value is -5.19. The number of ether oxygens (including phenoxy) is 3. The second kappa shape index (κ2) is 15.2. The molecule has 0 saturated carbocycles. The fourth-order valence-corrected chi connectivity index (χ4v) is 4.73. The number of nitrogens with one attached hydrogen (secondary N) is 2. The molecular weight excluding hydrogens is 590 g/mol. The predicted molar refractivity (Wildman–Crippen MR) is 168 cm³/mol. The molecule has 1 heterocycles. The Morgan fingerprint density at radius 3 is 1.57 bits per heavy atom. The van der Waals surface area contributed by atoms with Gasteiger partial charge in [-0.2, -0.15) is 0 Å². The molecule has 1 fully saturated rings. The molecule has 3 aromatic rings. The number of rotatable bonds is 12. The van der Waals surface area contributed by atoms with Gasteiger partial charge in [-0.3, -0.25) is 9.59 Å². The van der Waals surface area contributed by atoms with E-state index in [4.69, 9.17) is 14.2 Å². The van der Waals surface area contributed by atoms with Crippen molar-refractivity contribution < 1.29 is 38.2 Å². The quantitative estimate of drug-likeness (QED) is 0.176. The van der Waals surface area contributed by atoms with Crippen molar-refractivity contribution in [2.45, 2.75) is 77.1 Å². The van der Waals surface area contributed by atoms with Crippen LogP contribution in [0.25, 0.3) is 0 Å². The minimum Gasteiger partial charge on any atom is -0.459 e. The van der Waals surface area contributed by atoms with E-state index in [1.165, 1.54) is 6.92 Å². The molecular formula is C35H39N3O8. The number of amides is 3. The number of hydrogen-bond acceptors (Lipinski definition) is 8. The van der Waals surface area contributed by atoms with Gasteiger partial charge in [-0.25, -0.2) is 14.4 Å². The maximum Gasteiger partial charge on any atom is 0.408 e. The average molecular weight is 630 g/mol. The summed E-state index contributed by atoms with van der Waals surface area (Å²) in [4.78, 5) is 66.8. The van der Waals surface area contributed by atoms with Crippen LogP contribution in [0, 0.1) is 0 Å². The van der Waals surface area contributed by atoms with E-state index in [2.05, 4.69) is 10.6 Å². The summed E-state index contributed by atoms with van der Waals surface area (Å²) in [7, 11) is 0. The minimum atomic E-state index is -1.22. The molecule has 1 aliphatic heterocycles. The molecule has 2 N–H and O–H groups in total. The summed E-state index contributed by atoms with van der Waals surface area (Å²) >= 11 is 0. The van der Waals surface area contributed by atoms with Crippen LogP contribution in [-0.2, 0) is 53.0 Å². The van der Waals surface area contributed by atoms with Crippen molar-refractivity contribution in [3.05, 3.63) is 108 Å². The van der Waals surface area contributed by atoms with Crippen molar-refractivity contribution in [3.8, 4) is 0 Å². The van der Waals surface area contributed by atoms with Gasteiger partial charge in [-0.1, -0.05) is 91.0 Å². The highest BCUT2D eigenvalue weighted by Crippen LogP contribution is 2.32. The summed E-state index contributed by atoms with van der Waals surface area (Å²) in [5.41, 5.74) is 1.45. The molecule has 4 rings (SSSR count). The molecule has 0 radical (unpaired) electrons. The summed E-state index contributed by atoms with van der Waals surface area (Å²) in [6, 6.07) is 22.3. The number of nitrogens with zero attached hydrogens (tertiary/aromatic N) is 1. The second-order valence-corrected chi connectivity index (χ2v) is 11.9. The van der Waals surface area contributed by atoms with Gasteiger partial charge < -0.3 is 29.7 Å². The molecule has 1 saturated heterocycles. The van der Waals surface area contributed by atoms with Crippen LogP contribution in [0.4, 0.5) is 4.79 Å². The zero-order chi connectivity index (χ0) is 33.3. The Bertz CT molecular complexity index is 1450. The number of esters is 2. The van der Waals surface area contributed by atoms with E-state index in [1.54, 1.807) is 93.6 Å². The highest BCUT2D eigenvalue weighted by Gasteiger charge is 2.62. The van der Waals surface area contributed by atoms with Crippen LogP contribution < -0.4 is 10.6 Å². The van der Waals surface area contributed by atoms with Crippen LogP contribution >= 0.6 is 0 Å². The first-order valence-corrected chi connectivity index (χ1v) is 15.0. The maximum absolute atomic E-state index is 13.6. The topological polar surface area (TPSA) is 140 Å². The summed E-state index contributed by atoms with van der Waals surface area (Å²) in [6.07, 6.45) is -0.671. The molecule has 1 aliphatic rings. The van der Waals surface area contributed by atoms with E-state index < -0.39 is 59.6 Å². The van der Waals surface area contributed by atoms with Gasteiger partial charge in [-0.05, 0) is 44.4 Å². The van der Waals surface area contributed by atoms with Crippen LogP contribution in [0.2, 0.25) is 0 Å². The lowest BCUT2D eigenvalue weighted by Crippen LogP contribution is -2.53. The molecule has 46 heavy (non-hydrogen) atoms. The van der Waals surface area contributed by atoms with Crippen LogP contribution in [0.1, 0.15) is 44.4 Å². The van der Waals surface area contributed by atoms with E-state index in [0.717, 1.165) is 21.6 Å². The molecule has 0 bridgehead atoms. The normalized spacial score (nSPS) is 16.7. The molecule has 4 atom stereocenters. The third kappa shape index (κ3) is 9.65. The molecule has 11 heteroatoms. The van der Waals surface area contributed by atoms with Gasteiger partial charge in [0.15, 0.2) is 12.1 Å². The molecule has 3 amide bonds. The van der Waals surface area contributed by atoms with Crippen LogP contribution in [-0.4, -0.2) is 64.5 Å². The summed E-state index contributed by atoms with van der Waals surface area (Å²) in [5, 5.41) is 5.20. The number of carbonyl (C=O) groups is 5. The standard InChI is InChI=1S/C35H39N3O8/c1-23(36-30(39)27(20-24-14-8-5-9-15-24)37-34(43)46-35(2,3)4)31(40)38-28(32(41)44-21-25-16-10-6-11-17-25)29(38)33(42)45-22-26-18-12-7-13-19-26/h5-19,23,27-29H,20-22H2,1-4H3,(H,36,39)(H,37,43)/t23-,27-,28+,29+/m1/s1. The number of benzene rings is 3. The Balaban J connectivity index is 1.45. The first kappa shape index (κ1) is 33.7. The number of alkyl carbamates (subject to hydrolysis) is 1. The summed E-state index contributed by atoms with van der Waals surface area (Å²) in [6.45, 7) is 6.44. The van der Waals surface area contributed by atoms with E-state index in [0.29, 0.717) is 0 Å². The minimum absolute atomic E-state index is 0.0478. The first-order valence-electron chi connectivity index (χ1n) is 15.0. The SMILES string of the molecule is C[C@@H](NC(=O)[C@@H](Cc1ccccc1)NC(=O)OC(C)(C)C)C(=O)N1[C@H](C(=O)OCc2ccccc2)[C@H]1C(=O)OCc1ccccc1. The molecule has 0 unspecified atom stereocenters. The zero-order valence-corrected chi connectivity index (χ0v) is 26.3. The number of hydrogen-bond donors (Lipinski definition) is 2. The van der Waals surface area contributed by atoms with Crippen molar-refractivity contribution in [2.75, 3.05) is 0 Å². The monoisotopic (exact) mass is 629 g/mol. The van der Waals surface area contributed by atoms with Crippen molar-refractivity contribution in [1.82, 2.24) is 15.5 Å². The van der Waals surface area contributed by atoms with Crippen molar-refractivity contribution in [3.63, 3.8) is 0 Å². The Morgan fingerprint density at radius 1 is 0.696 bits per heavy atom. The molecule has 0 aliphatic carbocycles. The lowest BCUT2D eigenvalue weighted by atomic mass is 10.0. The Labute approximate surface area is 268 Å². The third-order valence-corrected chi connectivity index (χ3v) is 7.01. The second-order valence-electron chi connectivity index (χ2n) is 11.9. The van der Waals surface area contributed by atoms with E-state index >= 15 is 0 Å². The summed E-state index contributed by atoms with van der Waals surface area (Å²) < 4.78 is 16.2. The number of carbonyl (C=O) groups excluding carboxylic acids is 5. The van der Waals surface area contributed by atoms with Crippen LogP contribution in [0.15, 0.2) is 91.0 Å². The lowest BCUT2D eigenvalue weighted by Gasteiger charge is -2.24. The largest absolute Gasteiger partial charge is 0.459 e. The van der Waals surface area contributed by atoms with Gasteiger partial charge in [0, 0.05) is 6.42 Å². The summed E-state index contributed by atoms with van der Waals surface area (Å²) in [5.74, 6) is -2.88. The molecule has 0 spiro atoms. The van der Waals surface area contributed by atoms with Gasteiger partial charge in [-0.15, -0.1) is 0 Å². The molecule has 3 aromatic carbocycles. The fourth-order valence-electron chi connectivity index (χ4n) is 4.73. The van der Waals surface area contributed by atoms with Crippen molar-refractivity contribution in [1.29, 1.82) is 0 Å². The van der Waals surface area contributed by atoms with Crippen LogP contribution in [0.3, 0.4) is 0 Å². The lowest BCUT2D eigenvalue weighted by molar-refractivity contribution is -0.148. The van der Waals surface area contributed by atoms with Gasteiger partial charge in [0.1, 0.15) is 30.9 Å². The van der Waals surface area contributed by atoms with E-state index in [-0.39, 0.29) is 19.6 Å². The van der Waals surface area contributed by atoms with Gasteiger partial charge in [0.25, 0.3) is 0 Å². The third-order valence-electron chi connectivity index (χ3n) is 7.01. The maximum atomic E-state index is 13.6. The van der Waals surface area contributed by atoms with Crippen molar-refractivity contribution >= 4 is 29.8 Å². The first-order chi connectivity index (χ1) is 21.9. The molecule has 242 valence electrons. The predicted octanol–water partition coefficient (Wildman–Crippen LogP) is 3.69. The Kier molecular flexibility index (Phi) is 11.1. The van der Waals surface area contributed by atoms with Gasteiger partial charge in [0.2, 0.25) is 11.8 Å². The van der Waals surface area contributed by atoms with E-state index in [9.17, 15) is 24.0 Å². The fraction of sp³-hybridized carbons (Fsp3) is 0.343. The zero-order valence-electron chi connectivity index (χ0n) is 26.3. The smallest absolute Gasteiger partial charge is 0.408 e. The molecule has 0 aromatic heterocycles.